The Kier molecular flexibility index (Phi) is 4.41. The van der Waals surface area contributed by atoms with E-state index in [0.29, 0.717) is 17.8 Å². The van der Waals surface area contributed by atoms with Gasteiger partial charge in [0.25, 0.3) is 5.56 Å². The summed E-state index contributed by atoms with van der Waals surface area (Å²) < 4.78 is 41.0. The fourth-order valence-corrected chi connectivity index (χ4v) is 2.87. The minimum Gasteiger partial charge on any atom is -0.292 e. The van der Waals surface area contributed by atoms with Crippen LogP contribution >= 0.6 is 0 Å². The van der Waals surface area contributed by atoms with Crippen LogP contribution in [0.15, 0.2) is 47.3 Å². The molecule has 3 rings (SSSR count). The topological polar surface area (TPSA) is 34.9 Å². The third-order valence-corrected chi connectivity index (χ3v) is 4.06. The van der Waals surface area contributed by atoms with Crippen molar-refractivity contribution < 1.29 is 13.2 Å². The molecule has 0 spiro atoms. The fraction of sp³-hybridized carbons (Fsp3) is 0.222. The Morgan fingerprint density at radius 2 is 1.84 bits per heavy atom. The second-order valence-corrected chi connectivity index (χ2v) is 5.67. The lowest BCUT2D eigenvalue weighted by Crippen LogP contribution is -2.30. The van der Waals surface area contributed by atoms with E-state index in [1.54, 1.807) is 25.1 Å². The van der Waals surface area contributed by atoms with Crippen LogP contribution < -0.4 is 11.0 Å². The van der Waals surface area contributed by atoms with Crippen molar-refractivity contribution in [1.29, 1.82) is 0 Å². The molecule has 2 aromatic carbocycles. The Hall–Kier alpha value is -2.57. The molecule has 0 fully saturated rings. The number of aryl methyl sites for hydroxylation is 1. The van der Waals surface area contributed by atoms with Gasteiger partial charge >= 0.3 is 6.18 Å². The van der Waals surface area contributed by atoms with E-state index in [4.69, 9.17) is 7.85 Å². The van der Waals surface area contributed by atoms with E-state index >= 15 is 0 Å². The lowest BCUT2D eigenvalue weighted by Gasteiger charge is -2.17. The first-order valence-corrected chi connectivity index (χ1v) is 7.76. The first-order chi connectivity index (χ1) is 11.8. The molecule has 0 unspecified atom stereocenters. The zero-order valence-corrected chi connectivity index (χ0v) is 13.5. The molecular weight excluding hydrogens is 328 g/mol. The molecule has 0 amide bonds. The molecule has 1 aromatic heterocycles. The van der Waals surface area contributed by atoms with Gasteiger partial charge in [0.2, 0.25) is 0 Å². The summed E-state index contributed by atoms with van der Waals surface area (Å²) in [6, 6.07) is 10.1. The summed E-state index contributed by atoms with van der Waals surface area (Å²) in [7, 11) is 5.88. The number of hydrogen-bond acceptors (Lipinski definition) is 2. The van der Waals surface area contributed by atoms with Crippen molar-refractivity contribution in [1.82, 2.24) is 9.55 Å². The molecule has 3 nitrogen and oxygen atoms in total. The highest BCUT2D eigenvalue weighted by Crippen LogP contribution is 2.32. The Balaban J connectivity index is 2.22. The standard InChI is InChI=1S/C18H14BF3N2O/c1-2-15-23-14-9-5-8-13(19)16(14)17(25)24(15)10-11-6-3-4-7-12(11)18(20,21)22/h3-9H,2,10H2,1H3. The van der Waals surface area contributed by atoms with E-state index in [0.717, 1.165) is 6.07 Å². The third kappa shape index (κ3) is 3.18. The molecule has 0 N–H and O–H groups in total. The van der Waals surface area contributed by atoms with E-state index in [1.807, 2.05) is 0 Å². The highest BCUT2D eigenvalue weighted by Gasteiger charge is 2.33. The molecule has 0 aliphatic heterocycles. The molecule has 25 heavy (non-hydrogen) atoms. The van der Waals surface area contributed by atoms with Crippen LogP contribution in [0.4, 0.5) is 13.2 Å². The van der Waals surface area contributed by atoms with Gasteiger partial charge in [-0.05, 0) is 17.7 Å². The summed E-state index contributed by atoms with van der Waals surface area (Å²) in [6.45, 7) is 1.58. The van der Waals surface area contributed by atoms with Crippen LogP contribution in [0.5, 0.6) is 0 Å². The van der Waals surface area contributed by atoms with Crippen LogP contribution in [0.25, 0.3) is 10.9 Å². The number of benzene rings is 2. The number of hydrogen-bond donors (Lipinski definition) is 0. The molecule has 0 aliphatic rings. The lowest BCUT2D eigenvalue weighted by atomic mass is 9.92. The number of halogens is 3. The van der Waals surface area contributed by atoms with Crippen LogP contribution in [0.1, 0.15) is 23.9 Å². The second kappa shape index (κ2) is 6.39. The molecule has 2 radical (unpaired) electrons. The highest BCUT2D eigenvalue weighted by atomic mass is 19.4. The smallest absolute Gasteiger partial charge is 0.292 e. The fourth-order valence-electron chi connectivity index (χ4n) is 2.87. The molecule has 0 aliphatic carbocycles. The van der Waals surface area contributed by atoms with Crippen molar-refractivity contribution >= 4 is 24.2 Å². The molecule has 7 heteroatoms. The monoisotopic (exact) mass is 342 g/mol. The Labute approximate surface area is 143 Å². The number of fused-ring (bicyclic) bond motifs is 1. The van der Waals surface area contributed by atoms with Gasteiger partial charge in [0.1, 0.15) is 13.7 Å². The van der Waals surface area contributed by atoms with Crippen LogP contribution in [0.3, 0.4) is 0 Å². The minimum atomic E-state index is -4.49. The molecule has 0 atom stereocenters. The normalized spacial score (nSPS) is 11.8. The quantitative estimate of drug-likeness (QED) is 0.686. The maximum absolute atomic E-state index is 13.2. The van der Waals surface area contributed by atoms with Gasteiger partial charge in [0, 0.05) is 6.42 Å². The average Bonchev–Trinajstić information content (AvgIpc) is 2.56. The van der Waals surface area contributed by atoms with Crippen molar-refractivity contribution in [3.63, 3.8) is 0 Å². The third-order valence-electron chi connectivity index (χ3n) is 4.06. The van der Waals surface area contributed by atoms with Crippen molar-refractivity contribution in [2.75, 3.05) is 0 Å². The Morgan fingerprint density at radius 1 is 1.12 bits per heavy atom. The molecule has 126 valence electrons. The van der Waals surface area contributed by atoms with Crippen molar-refractivity contribution in [2.45, 2.75) is 26.1 Å². The van der Waals surface area contributed by atoms with Gasteiger partial charge in [-0.25, -0.2) is 4.98 Å². The molecule has 3 aromatic rings. The predicted molar refractivity (Wildman–Crippen MR) is 91.3 cm³/mol. The summed E-state index contributed by atoms with van der Waals surface area (Å²) >= 11 is 0. The first kappa shape index (κ1) is 17.3. The van der Waals surface area contributed by atoms with Crippen LogP contribution in [0.2, 0.25) is 0 Å². The van der Waals surface area contributed by atoms with E-state index in [9.17, 15) is 18.0 Å². The zero-order valence-electron chi connectivity index (χ0n) is 13.5. The predicted octanol–water partition coefficient (Wildman–Crippen LogP) is 2.82. The Bertz CT molecular complexity index is 996. The van der Waals surface area contributed by atoms with E-state index < -0.39 is 17.3 Å². The molecule has 0 bridgehead atoms. The maximum atomic E-state index is 13.2. The van der Waals surface area contributed by atoms with Crippen molar-refractivity contribution in [3.05, 3.63) is 69.8 Å². The highest BCUT2D eigenvalue weighted by molar-refractivity contribution is 6.38. The van der Waals surface area contributed by atoms with Crippen molar-refractivity contribution in [2.24, 2.45) is 0 Å². The lowest BCUT2D eigenvalue weighted by molar-refractivity contribution is -0.138. The van der Waals surface area contributed by atoms with Crippen LogP contribution in [-0.4, -0.2) is 17.4 Å². The van der Waals surface area contributed by atoms with Gasteiger partial charge in [-0.1, -0.05) is 42.7 Å². The number of alkyl halides is 3. The summed E-state index contributed by atoms with van der Waals surface area (Å²) in [5.74, 6) is 0.417. The molecule has 0 saturated heterocycles. The first-order valence-electron chi connectivity index (χ1n) is 7.76. The minimum absolute atomic E-state index is 0.0162. The second-order valence-electron chi connectivity index (χ2n) is 5.67. The summed E-state index contributed by atoms with van der Waals surface area (Å²) in [6.07, 6.45) is -4.08. The largest absolute Gasteiger partial charge is 0.416 e. The van der Waals surface area contributed by atoms with Crippen LogP contribution in [-0.2, 0) is 19.1 Å². The van der Waals surface area contributed by atoms with Gasteiger partial charge < -0.3 is 0 Å². The van der Waals surface area contributed by atoms with E-state index in [-0.39, 0.29) is 23.0 Å². The average molecular weight is 342 g/mol. The molecule has 1 heterocycles. The summed E-state index contributed by atoms with van der Waals surface area (Å²) in [5, 5.41) is 0.226. The van der Waals surface area contributed by atoms with Crippen LogP contribution in [0, 0.1) is 0 Å². The summed E-state index contributed by atoms with van der Waals surface area (Å²) in [5.41, 5.74) is -0.470. The number of aromatic nitrogens is 2. The van der Waals surface area contributed by atoms with Gasteiger partial charge in [-0.3, -0.25) is 9.36 Å². The zero-order chi connectivity index (χ0) is 18.2. The van der Waals surface area contributed by atoms with Crippen molar-refractivity contribution in [3.8, 4) is 0 Å². The van der Waals surface area contributed by atoms with E-state index in [1.165, 1.54) is 22.8 Å². The van der Waals surface area contributed by atoms with Gasteiger partial charge in [-0.15, -0.1) is 0 Å². The molecular formula is C18H14BF3N2O. The number of rotatable bonds is 3. The van der Waals surface area contributed by atoms with Gasteiger partial charge in [0.15, 0.2) is 0 Å². The van der Waals surface area contributed by atoms with Gasteiger partial charge in [0.05, 0.1) is 23.0 Å². The summed E-state index contributed by atoms with van der Waals surface area (Å²) in [4.78, 5) is 17.3. The molecule has 0 saturated carbocycles. The van der Waals surface area contributed by atoms with Gasteiger partial charge in [-0.2, -0.15) is 13.2 Å². The van der Waals surface area contributed by atoms with E-state index in [2.05, 4.69) is 4.98 Å². The SMILES string of the molecule is [B]c1cccc2nc(CC)n(Cc3ccccc3C(F)(F)F)c(=O)c12. The maximum Gasteiger partial charge on any atom is 0.416 e. The Morgan fingerprint density at radius 3 is 2.52 bits per heavy atom. The number of nitrogens with zero attached hydrogens (tertiary/aromatic N) is 2.